The van der Waals surface area contributed by atoms with Gasteiger partial charge in [0.15, 0.2) is 5.82 Å². The van der Waals surface area contributed by atoms with Gasteiger partial charge in [-0.25, -0.2) is 4.68 Å². The Morgan fingerprint density at radius 2 is 2.17 bits per heavy atom. The van der Waals surface area contributed by atoms with E-state index >= 15 is 0 Å². The molecule has 0 fully saturated rings. The molecule has 18 heavy (non-hydrogen) atoms. The summed E-state index contributed by atoms with van der Waals surface area (Å²) in [6.45, 7) is 6.92. The van der Waals surface area contributed by atoms with E-state index in [9.17, 15) is 0 Å². The monoisotopic (exact) mass is 285 g/mol. The minimum Gasteiger partial charge on any atom is -0.308 e. The molecule has 1 unspecified atom stereocenters. The number of hydrogen-bond acceptors (Lipinski definition) is 5. The Kier molecular flexibility index (Phi) is 4.31. The van der Waals surface area contributed by atoms with E-state index in [0.29, 0.717) is 12.6 Å². The van der Waals surface area contributed by atoms with Crippen molar-refractivity contribution in [3.05, 3.63) is 27.2 Å². The molecule has 98 valence electrons. The van der Waals surface area contributed by atoms with E-state index < -0.39 is 0 Å². The summed E-state index contributed by atoms with van der Waals surface area (Å²) in [5.41, 5.74) is 0. The van der Waals surface area contributed by atoms with Crippen molar-refractivity contribution >= 4 is 22.9 Å². The van der Waals surface area contributed by atoms with E-state index in [-0.39, 0.29) is 6.04 Å². The van der Waals surface area contributed by atoms with E-state index in [4.69, 9.17) is 11.6 Å². The molecule has 0 saturated heterocycles. The molecule has 2 rings (SSSR count). The molecule has 2 aromatic rings. The molecule has 5 nitrogen and oxygen atoms in total. The molecule has 0 radical (unpaired) electrons. The van der Waals surface area contributed by atoms with E-state index in [2.05, 4.69) is 41.6 Å². The molecular formula is C11H16ClN5S. The Bertz CT molecular complexity index is 507. The predicted octanol–water partition coefficient (Wildman–Crippen LogP) is 2.50. The molecule has 0 saturated carbocycles. The molecule has 0 amide bonds. The van der Waals surface area contributed by atoms with Gasteiger partial charge in [-0.05, 0) is 29.5 Å². The molecule has 0 aliphatic heterocycles. The van der Waals surface area contributed by atoms with Crippen LogP contribution in [-0.2, 0) is 6.54 Å². The lowest BCUT2D eigenvalue weighted by molar-refractivity contribution is 0.494. The van der Waals surface area contributed by atoms with Crippen LogP contribution in [0.1, 0.15) is 37.5 Å². The summed E-state index contributed by atoms with van der Waals surface area (Å²) in [4.78, 5) is 1.15. The fourth-order valence-electron chi connectivity index (χ4n) is 1.60. The second kappa shape index (κ2) is 5.77. The van der Waals surface area contributed by atoms with Crippen molar-refractivity contribution < 1.29 is 0 Å². The number of aromatic nitrogens is 4. The summed E-state index contributed by atoms with van der Waals surface area (Å²) < 4.78 is 2.61. The standard InChI is InChI=1S/C11H16ClN5S/c1-7(2)13-6-11-14-15-16-17(11)8(3)9-4-5-10(12)18-9/h4-5,7-8,13H,6H2,1-3H3. The van der Waals surface area contributed by atoms with Crippen molar-refractivity contribution in [1.82, 2.24) is 25.5 Å². The van der Waals surface area contributed by atoms with Gasteiger partial charge < -0.3 is 5.32 Å². The molecule has 0 bridgehead atoms. The maximum Gasteiger partial charge on any atom is 0.165 e. The Morgan fingerprint density at radius 1 is 1.39 bits per heavy atom. The van der Waals surface area contributed by atoms with Gasteiger partial charge in [0.05, 0.1) is 16.9 Å². The minimum absolute atomic E-state index is 0.0986. The third-order valence-corrected chi connectivity index (χ3v) is 4.00. The maximum absolute atomic E-state index is 5.95. The summed E-state index contributed by atoms with van der Waals surface area (Å²) in [5, 5.41) is 15.2. The number of rotatable bonds is 5. The van der Waals surface area contributed by atoms with Gasteiger partial charge in [0.25, 0.3) is 0 Å². The fraction of sp³-hybridized carbons (Fsp3) is 0.545. The highest BCUT2D eigenvalue weighted by Crippen LogP contribution is 2.28. The quantitative estimate of drug-likeness (QED) is 0.917. The van der Waals surface area contributed by atoms with Crippen LogP contribution in [0.25, 0.3) is 0 Å². The molecule has 2 heterocycles. The average Bonchev–Trinajstić information content (AvgIpc) is 2.93. The molecule has 7 heteroatoms. The predicted molar refractivity (Wildman–Crippen MR) is 72.9 cm³/mol. The Hall–Kier alpha value is -0.980. The third-order valence-electron chi connectivity index (χ3n) is 2.60. The summed E-state index contributed by atoms with van der Waals surface area (Å²) in [6, 6.07) is 4.41. The van der Waals surface area contributed by atoms with Crippen LogP contribution in [0.5, 0.6) is 0 Å². The van der Waals surface area contributed by atoms with Crippen LogP contribution >= 0.6 is 22.9 Å². The molecule has 1 atom stereocenters. The SMILES string of the molecule is CC(C)NCc1nnnn1C(C)c1ccc(Cl)s1. The van der Waals surface area contributed by atoms with Crippen molar-refractivity contribution in [2.75, 3.05) is 0 Å². The molecule has 1 N–H and O–H groups in total. The summed E-state index contributed by atoms with van der Waals surface area (Å²) in [6.07, 6.45) is 0. The number of tetrazole rings is 1. The topological polar surface area (TPSA) is 55.6 Å². The zero-order valence-electron chi connectivity index (χ0n) is 10.6. The first kappa shape index (κ1) is 13.5. The largest absolute Gasteiger partial charge is 0.308 e. The van der Waals surface area contributed by atoms with Crippen LogP contribution in [0.2, 0.25) is 4.34 Å². The van der Waals surface area contributed by atoms with Crippen LogP contribution in [0, 0.1) is 0 Å². The van der Waals surface area contributed by atoms with Crippen molar-refractivity contribution in [2.24, 2.45) is 0 Å². The number of halogens is 1. The summed E-state index contributed by atoms with van der Waals surface area (Å²) in [5.74, 6) is 0.834. The number of nitrogens with one attached hydrogen (secondary N) is 1. The van der Waals surface area contributed by atoms with E-state index in [1.807, 2.05) is 16.8 Å². The Morgan fingerprint density at radius 3 is 2.78 bits per heavy atom. The zero-order chi connectivity index (χ0) is 13.1. The van der Waals surface area contributed by atoms with Gasteiger partial charge in [0, 0.05) is 10.9 Å². The summed E-state index contributed by atoms with van der Waals surface area (Å²) in [7, 11) is 0. The molecule has 0 aromatic carbocycles. The molecule has 2 aromatic heterocycles. The Balaban J connectivity index is 2.15. The minimum atomic E-state index is 0.0986. The van der Waals surface area contributed by atoms with Crippen LogP contribution in [0.15, 0.2) is 12.1 Å². The lowest BCUT2D eigenvalue weighted by Gasteiger charge is -2.13. The smallest absolute Gasteiger partial charge is 0.165 e. The Labute approximate surface area is 115 Å². The highest BCUT2D eigenvalue weighted by Gasteiger charge is 2.16. The molecule has 0 aliphatic carbocycles. The highest BCUT2D eigenvalue weighted by molar-refractivity contribution is 7.16. The molecule has 0 spiro atoms. The van der Waals surface area contributed by atoms with Gasteiger partial charge >= 0.3 is 0 Å². The van der Waals surface area contributed by atoms with Gasteiger partial charge in [-0.2, -0.15) is 0 Å². The van der Waals surface area contributed by atoms with Crippen LogP contribution in [0.4, 0.5) is 0 Å². The van der Waals surface area contributed by atoms with E-state index in [1.54, 1.807) is 11.3 Å². The normalized spacial score (nSPS) is 13.2. The first-order valence-electron chi connectivity index (χ1n) is 5.83. The zero-order valence-corrected chi connectivity index (χ0v) is 12.2. The lowest BCUT2D eigenvalue weighted by atomic mass is 10.3. The van der Waals surface area contributed by atoms with Crippen molar-refractivity contribution in [3.8, 4) is 0 Å². The third kappa shape index (κ3) is 3.07. The van der Waals surface area contributed by atoms with Crippen LogP contribution in [0.3, 0.4) is 0 Å². The van der Waals surface area contributed by atoms with Crippen LogP contribution < -0.4 is 5.32 Å². The van der Waals surface area contributed by atoms with Gasteiger partial charge in [-0.3, -0.25) is 0 Å². The van der Waals surface area contributed by atoms with Crippen molar-refractivity contribution in [1.29, 1.82) is 0 Å². The van der Waals surface area contributed by atoms with E-state index in [0.717, 1.165) is 15.0 Å². The number of nitrogens with zero attached hydrogens (tertiary/aromatic N) is 4. The number of thiophene rings is 1. The second-order valence-electron chi connectivity index (χ2n) is 4.39. The first-order valence-corrected chi connectivity index (χ1v) is 7.02. The fourth-order valence-corrected chi connectivity index (χ4v) is 2.70. The molecular weight excluding hydrogens is 270 g/mol. The lowest BCUT2D eigenvalue weighted by Crippen LogP contribution is -2.25. The van der Waals surface area contributed by atoms with Gasteiger partial charge in [-0.1, -0.05) is 25.4 Å². The average molecular weight is 286 g/mol. The molecule has 0 aliphatic rings. The summed E-state index contributed by atoms with van der Waals surface area (Å²) >= 11 is 7.51. The van der Waals surface area contributed by atoms with Gasteiger partial charge in [0.1, 0.15) is 0 Å². The number of hydrogen-bond donors (Lipinski definition) is 1. The maximum atomic E-state index is 5.95. The first-order chi connectivity index (χ1) is 8.58. The van der Waals surface area contributed by atoms with Gasteiger partial charge in [0.2, 0.25) is 0 Å². The van der Waals surface area contributed by atoms with Gasteiger partial charge in [-0.15, -0.1) is 16.4 Å². The van der Waals surface area contributed by atoms with Crippen molar-refractivity contribution in [2.45, 2.75) is 39.4 Å². The van der Waals surface area contributed by atoms with Crippen molar-refractivity contribution in [3.63, 3.8) is 0 Å². The second-order valence-corrected chi connectivity index (χ2v) is 6.14. The highest BCUT2D eigenvalue weighted by atomic mass is 35.5. The van der Waals surface area contributed by atoms with Crippen LogP contribution in [-0.4, -0.2) is 26.2 Å². The van der Waals surface area contributed by atoms with E-state index in [1.165, 1.54) is 0 Å².